The van der Waals surface area contributed by atoms with Crippen LogP contribution in [0.5, 0.6) is 0 Å². The minimum atomic E-state index is -0.604. The number of halogens is 2. The lowest BCUT2D eigenvalue weighted by Gasteiger charge is -2.12. The van der Waals surface area contributed by atoms with Crippen molar-refractivity contribution in [1.29, 1.82) is 0 Å². The molecule has 2 heterocycles. The normalized spacial score (nSPS) is 13.3. The zero-order valence-corrected chi connectivity index (χ0v) is 18.4. The third-order valence-electron chi connectivity index (χ3n) is 4.89. The van der Waals surface area contributed by atoms with Crippen LogP contribution in [-0.4, -0.2) is 21.2 Å². The van der Waals surface area contributed by atoms with Crippen molar-refractivity contribution in [3.05, 3.63) is 62.5 Å². The van der Waals surface area contributed by atoms with Gasteiger partial charge in [-0.15, -0.1) is 17.9 Å². The molecule has 2 aromatic heterocycles. The average molecular weight is 464 g/mol. The summed E-state index contributed by atoms with van der Waals surface area (Å²) in [5, 5.41) is 3.94. The van der Waals surface area contributed by atoms with Gasteiger partial charge in [-0.05, 0) is 49.4 Å². The van der Waals surface area contributed by atoms with Crippen LogP contribution in [0.15, 0.2) is 40.8 Å². The Bertz CT molecular complexity index is 1210. The Kier molecular flexibility index (Phi) is 6.26. The number of rotatable bonds is 6. The Hall–Kier alpha value is -2.16. The first-order chi connectivity index (χ1) is 14.5. The van der Waals surface area contributed by atoms with Crippen LogP contribution in [0.2, 0.25) is 5.02 Å². The van der Waals surface area contributed by atoms with Gasteiger partial charge in [0.15, 0.2) is 5.16 Å². The lowest BCUT2D eigenvalue weighted by Crippen LogP contribution is -2.24. The molecule has 0 bridgehead atoms. The average Bonchev–Trinajstić information content (AvgIpc) is 3.09. The number of thiophene rings is 1. The van der Waals surface area contributed by atoms with Gasteiger partial charge in [-0.3, -0.25) is 14.2 Å². The van der Waals surface area contributed by atoms with Gasteiger partial charge >= 0.3 is 0 Å². The third-order valence-corrected chi connectivity index (χ3v) is 7.29. The minimum Gasteiger partial charge on any atom is -0.323 e. The number of carbonyl (C=O) groups is 1. The van der Waals surface area contributed by atoms with Gasteiger partial charge < -0.3 is 5.32 Å². The Morgan fingerprint density at radius 3 is 2.97 bits per heavy atom. The molecule has 1 aromatic carbocycles. The second-order valence-corrected chi connectivity index (χ2v) is 9.41. The van der Waals surface area contributed by atoms with Gasteiger partial charge in [0.2, 0.25) is 5.91 Å². The highest BCUT2D eigenvalue weighted by Gasteiger charge is 2.22. The first-order valence-electron chi connectivity index (χ1n) is 9.51. The number of carbonyl (C=O) groups excluding carboxylic acids is 1. The van der Waals surface area contributed by atoms with Crippen molar-refractivity contribution in [3.8, 4) is 0 Å². The fourth-order valence-corrected chi connectivity index (χ4v) is 5.80. The SMILES string of the molecule is C=CCn1c(SCC(=O)Nc2ccc(Cl)cc2F)nc2sc3c(c2c1=O)CCCC3. The smallest absolute Gasteiger partial charge is 0.263 e. The maximum absolute atomic E-state index is 13.9. The summed E-state index contributed by atoms with van der Waals surface area (Å²) in [6, 6.07) is 4.05. The van der Waals surface area contributed by atoms with Crippen LogP contribution in [0.25, 0.3) is 10.2 Å². The molecule has 0 unspecified atom stereocenters. The van der Waals surface area contributed by atoms with Gasteiger partial charge in [0.25, 0.3) is 5.56 Å². The summed E-state index contributed by atoms with van der Waals surface area (Å²) in [6.45, 7) is 4.04. The molecule has 3 aromatic rings. The van der Waals surface area contributed by atoms with E-state index in [-0.39, 0.29) is 22.0 Å². The van der Waals surface area contributed by atoms with E-state index in [2.05, 4.69) is 11.9 Å². The van der Waals surface area contributed by atoms with Crippen molar-refractivity contribution < 1.29 is 9.18 Å². The van der Waals surface area contributed by atoms with Crippen LogP contribution in [0.3, 0.4) is 0 Å². The molecule has 0 spiro atoms. The summed E-state index contributed by atoms with van der Waals surface area (Å²) in [5.41, 5.74) is 1.10. The molecular weight excluding hydrogens is 445 g/mol. The quantitative estimate of drug-likeness (QED) is 0.316. The zero-order chi connectivity index (χ0) is 21.3. The molecule has 4 rings (SSSR count). The van der Waals surface area contributed by atoms with Crippen molar-refractivity contribution >= 4 is 56.5 Å². The monoisotopic (exact) mass is 463 g/mol. The number of thioether (sulfide) groups is 1. The molecule has 0 fully saturated rings. The van der Waals surface area contributed by atoms with E-state index < -0.39 is 11.7 Å². The largest absolute Gasteiger partial charge is 0.323 e. The van der Waals surface area contributed by atoms with E-state index in [4.69, 9.17) is 16.6 Å². The second-order valence-electron chi connectivity index (χ2n) is 6.95. The van der Waals surface area contributed by atoms with E-state index in [0.29, 0.717) is 17.1 Å². The molecule has 0 saturated carbocycles. The summed E-state index contributed by atoms with van der Waals surface area (Å²) >= 11 is 8.45. The number of benzene rings is 1. The van der Waals surface area contributed by atoms with Crippen LogP contribution < -0.4 is 10.9 Å². The highest BCUT2D eigenvalue weighted by Crippen LogP contribution is 2.34. The molecule has 0 aliphatic heterocycles. The number of allylic oxidation sites excluding steroid dienone is 1. The number of aryl methyl sites for hydroxylation is 2. The van der Waals surface area contributed by atoms with Crippen LogP contribution in [0.1, 0.15) is 23.3 Å². The molecule has 9 heteroatoms. The molecular formula is C21H19ClFN3O2S2. The van der Waals surface area contributed by atoms with Crippen LogP contribution in [-0.2, 0) is 24.2 Å². The Balaban J connectivity index is 1.60. The maximum atomic E-state index is 13.9. The summed E-state index contributed by atoms with van der Waals surface area (Å²) in [4.78, 5) is 32.2. The third kappa shape index (κ3) is 4.17. The minimum absolute atomic E-state index is 0.0117. The van der Waals surface area contributed by atoms with E-state index in [1.54, 1.807) is 22.0 Å². The molecule has 1 aliphatic rings. The lowest BCUT2D eigenvalue weighted by atomic mass is 9.97. The number of hydrogen-bond donors (Lipinski definition) is 1. The highest BCUT2D eigenvalue weighted by molar-refractivity contribution is 7.99. The summed E-state index contributed by atoms with van der Waals surface area (Å²) in [7, 11) is 0. The van der Waals surface area contributed by atoms with Gasteiger partial charge in [-0.2, -0.15) is 0 Å². The summed E-state index contributed by atoms with van der Waals surface area (Å²) in [5.74, 6) is -1.01. The van der Waals surface area contributed by atoms with Crippen molar-refractivity contribution in [3.63, 3.8) is 0 Å². The zero-order valence-electron chi connectivity index (χ0n) is 16.0. The summed E-state index contributed by atoms with van der Waals surface area (Å²) in [6.07, 6.45) is 5.74. The Labute approximate surface area is 186 Å². The highest BCUT2D eigenvalue weighted by atomic mass is 35.5. The molecule has 156 valence electrons. The lowest BCUT2D eigenvalue weighted by molar-refractivity contribution is -0.113. The number of hydrogen-bond acceptors (Lipinski definition) is 5. The molecule has 1 amide bonds. The fraction of sp³-hybridized carbons (Fsp3) is 0.286. The predicted octanol–water partition coefficient (Wildman–Crippen LogP) is 5.05. The van der Waals surface area contributed by atoms with E-state index in [9.17, 15) is 14.0 Å². The van der Waals surface area contributed by atoms with Gasteiger partial charge in [-0.1, -0.05) is 29.4 Å². The van der Waals surface area contributed by atoms with Gasteiger partial charge in [0.1, 0.15) is 10.6 Å². The van der Waals surface area contributed by atoms with Crippen molar-refractivity contribution in [1.82, 2.24) is 9.55 Å². The van der Waals surface area contributed by atoms with Crippen molar-refractivity contribution in [2.75, 3.05) is 11.1 Å². The first kappa shape index (κ1) is 21.1. The second kappa shape index (κ2) is 8.91. The van der Waals surface area contributed by atoms with Gasteiger partial charge in [0.05, 0.1) is 16.8 Å². The molecule has 0 radical (unpaired) electrons. The van der Waals surface area contributed by atoms with Crippen LogP contribution in [0, 0.1) is 5.82 Å². The van der Waals surface area contributed by atoms with E-state index in [0.717, 1.165) is 53.9 Å². The molecule has 0 atom stereocenters. The van der Waals surface area contributed by atoms with Crippen LogP contribution >= 0.6 is 34.7 Å². The molecule has 1 N–H and O–H groups in total. The molecule has 1 aliphatic carbocycles. The number of nitrogens with one attached hydrogen (secondary N) is 1. The number of anilines is 1. The molecule has 0 saturated heterocycles. The van der Waals surface area contributed by atoms with Gasteiger partial charge in [0, 0.05) is 16.4 Å². The predicted molar refractivity (Wildman–Crippen MR) is 121 cm³/mol. The number of aromatic nitrogens is 2. The number of fused-ring (bicyclic) bond motifs is 3. The standard InChI is InChI=1S/C21H19ClFN3O2S2/c1-2-9-26-20(28)18-13-5-3-4-6-16(13)30-19(18)25-21(26)29-11-17(27)24-15-8-7-12(22)10-14(15)23/h2,7-8,10H,1,3-6,9,11H2,(H,24,27). The maximum Gasteiger partial charge on any atom is 0.263 e. The molecule has 30 heavy (non-hydrogen) atoms. The number of amides is 1. The first-order valence-corrected chi connectivity index (χ1v) is 11.7. The van der Waals surface area contributed by atoms with Crippen molar-refractivity contribution in [2.45, 2.75) is 37.4 Å². The van der Waals surface area contributed by atoms with E-state index in [1.807, 2.05) is 0 Å². The summed E-state index contributed by atoms with van der Waals surface area (Å²) < 4.78 is 15.5. The van der Waals surface area contributed by atoms with Gasteiger partial charge in [-0.25, -0.2) is 9.37 Å². The number of nitrogens with zero attached hydrogens (tertiary/aromatic N) is 2. The fourth-order valence-electron chi connectivity index (χ4n) is 3.53. The van der Waals surface area contributed by atoms with E-state index in [1.165, 1.54) is 17.0 Å². The molecule has 5 nitrogen and oxygen atoms in total. The Morgan fingerprint density at radius 2 is 2.20 bits per heavy atom. The van der Waals surface area contributed by atoms with E-state index >= 15 is 0 Å². The Morgan fingerprint density at radius 1 is 1.40 bits per heavy atom. The van der Waals surface area contributed by atoms with Crippen LogP contribution in [0.4, 0.5) is 10.1 Å². The van der Waals surface area contributed by atoms with Crippen molar-refractivity contribution in [2.24, 2.45) is 0 Å². The topological polar surface area (TPSA) is 64.0 Å².